The maximum Gasteiger partial charge on any atom is 0.233 e. The highest BCUT2D eigenvalue weighted by atomic mass is 32.2. The molecule has 0 heterocycles. The van der Waals surface area contributed by atoms with Gasteiger partial charge in [-0.2, -0.15) is 0 Å². The van der Waals surface area contributed by atoms with Crippen LogP contribution in [0, 0.1) is 11.7 Å². The first-order valence-electron chi connectivity index (χ1n) is 4.85. The molecule has 0 atom stereocenters. The van der Waals surface area contributed by atoms with Crippen LogP contribution >= 0.6 is 0 Å². The molecular formula is C10H15FN2O2S. The number of benzene rings is 1. The Hall–Kier alpha value is -1.30. The van der Waals surface area contributed by atoms with Crippen LogP contribution in [0.3, 0.4) is 0 Å². The molecule has 0 amide bonds. The van der Waals surface area contributed by atoms with E-state index in [1.165, 1.54) is 12.1 Å². The maximum absolute atomic E-state index is 13.3. The number of rotatable bonds is 4. The molecule has 0 aromatic heterocycles. The molecule has 0 saturated heterocycles. The second-order valence-corrected chi connectivity index (χ2v) is 5.78. The van der Waals surface area contributed by atoms with Crippen LogP contribution in [0.15, 0.2) is 18.2 Å². The van der Waals surface area contributed by atoms with Gasteiger partial charge in [-0.15, -0.1) is 0 Å². The molecule has 0 radical (unpaired) electrons. The molecule has 16 heavy (non-hydrogen) atoms. The Balaban J connectivity index is 2.88. The summed E-state index contributed by atoms with van der Waals surface area (Å²) in [5.74, 6) is -0.738. The number of nitrogen functional groups attached to an aromatic ring is 1. The summed E-state index contributed by atoms with van der Waals surface area (Å²) in [6.07, 6.45) is 0. The summed E-state index contributed by atoms with van der Waals surface area (Å²) < 4.78 is 38.6. The SMILES string of the molecule is CC(C)CS(=O)(=O)Nc1ccc(N)cc1F. The van der Waals surface area contributed by atoms with E-state index in [0.29, 0.717) is 0 Å². The van der Waals surface area contributed by atoms with Crippen molar-refractivity contribution in [3.63, 3.8) is 0 Å². The molecule has 0 unspecified atom stereocenters. The lowest BCUT2D eigenvalue weighted by molar-refractivity contribution is 0.585. The van der Waals surface area contributed by atoms with Gasteiger partial charge in [0.15, 0.2) is 0 Å². The van der Waals surface area contributed by atoms with Crippen molar-refractivity contribution in [3.8, 4) is 0 Å². The minimum atomic E-state index is -3.50. The van der Waals surface area contributed by atoms with Crippen molar-refractivity contribution in [2.75, 3.05) is 16.2 Å². The van der Waals surface area contributed by atoms with Crippen LogP contribution in [-0.2, 0) is 10.0 Å². The van der Waals surface area contributed by atoms with Crippen LogP contribution in [0.1, 0.15) is 13.8 Å². The maximum atomic E-state index is 13.3. The second-order valence-electron chi connectivity index (χ2n) is 4.02. The number of nitrogens with two attached hydrogens (primary N) is 1. The summed E-state index contributed by atoms with van der Waals surface area (Å²) in [5.41, 5.74) is 5.53. The second kappa shape index (κ2) is 4.69. The molecule has 6 heteroatoms. The Morgan fingerprint density at radius 1 is 1.44 bits per heavy atom. The minimum absolute atomic E-state index is 0.0191. The average molecular weight is 246 g/mol. The zero-order valence-electron chi connectivity index (χ0n) is 9.20. The predicted octanol–water partition coefficient (Wildman–Crippen LogP) is 1.81. The molecule has 1 rings (SSSR count). The summed E-state index contributed by atoms with van der Waals surface area (Å²) in [4.78, 5) is 0. The van der Waals surface area contributed by atoms with Gasteiger partial charge in [0.2, 0.25) is 10.0 Å². The first-order valence-corrected chi connectivity index (χ1v) is 6.51. The van der Waals surface area contributed by atoms with E-state index in [9.17, 15) is 12.8 Å². The van der Waals surface area contributed by atoms with Gasteiger partial charge in [0, 0.05) is 5.69 Å². The fourth-order valence-electron chi connectivity index (χ4n) is 1.26. The van der Waals surface area contributed by atoms with Gasteiger partial charge in [-0.1, -0.05) is 13.8 Å². The molecule has 0 aliphatic carbocycles. The first kappa shape index (κ1) is 12.8. The zero-order valence-corrected chi connectivity index (χ0v) is 10.0. The van der Waals surface area contributed by atoms with E-state index >= 15 is 0 Å². The lowest BCUT2D eigenvalue weighted by Gasteiger charge is -2.10. The molecule has 3 N–H and O–H groups in total. The topological polar surface area (TPSA) is 72.2 Å². The van der Waals surface area contributed by atoms with Gasteiger partial charge in [-0.05, 0) is 24.1 Å². The summed E-state index contributed by atoms with van der Waals surface area (Å²) in [5, 5.41) is 0. The molecule has 1 aromatic carbocycles. The third-order valence-corrected chi connectivity index (χ3v) is 3.45. The van der Waals surface area contributed by atoms with E-state index in [-0.39, 0.29) is 23.0 Å². The zero-order chi connectivity index (χ0) is 12.3. The van der Waals surface area contributed by atoms with Crippen molar-refractivity contribution >= 4 is 21.4 Å². The number of hydrogen-bond donors (Lipinski definition) is 2. The standard InChI is InChI=1S/C10H15FN2O2S/c1-7(2)6-16(14,15)13-10-4-3-8(12)5-9(10)11/h3-5,7,13H,6,12H2,1-2H3. The van der Waals surface area contributed by atoms with Crippen LogP contribution in [0.2, 0.25) is 0 Å². The molecule has 0 saturated carbocycles. The summed E-state index contributed by atoms with van der Waals surface area (Å²) in [6, 6.07) is 3.83. The molecule has 90 valence electrons. The predicted molar refractivity (Wildman–Crippen MR) is 63.1 cm³/mol. The Morgan fingerprint density at radius 3 is 2.56 bits per heavy atom. The third kappa shape index (κ3) is 3.69. The Bertz CT molecular complexity index is 472. The largest absolute Gasteiger partial charge is 0.399 e. The lowest BCUT2D eigenvalue weighted by atomic mass is 10.3. The van der Waals surface area contributed by atoms with Crippen molar-refractivity contribution in [1.29, 1.82) is 0 Å². The molecule has 4 nitrogen and oxygen atoms in total. The number of halogens is 1. The van der Waals surface area contributed by atoms with Gasteiger partial charge in [-0.3, -0.25) is 4.72 Å². The lowest BCUT2D eigenvalue weighted by Crippen LogP contribution is -2.20. The van der Waals surface area contributed by atoms with E-state index < -0.39 is 15.8 Å². The summed E-state index contributed by atoms with van der Waals surface area (Å²) >= 11 is 0. The normalized spacial score (nSPS) is 11.8. The van der Waals surface area contributed by atoms with Crippen LogP contribution in [0.4, 0.5) is 15.8 Å². The highest BCUT2D eigenvalue weighted by molar-refractivity contribution is 7.92. The van der Waals surface area contributed by atoms with Crippen molar-refractivity contribution in [2.45, 2.75) is 13.8 Å². The fourth-order valence-corrected chi connectivity index (χ4v) is 2.72. The molecular weight excluding hydrogens is 231 g/mol. The number of anilines is 2. The smallest absolute Gasteiger partial charge is 0.233 e. The van der Waals surface area contributed by atoms with Gasteiger partial charge in [0.1, 0.15) is 5.82 Å². The van der Waals surface area contributed by atoms with Crippen LogP contribution < -0.4 is 10.5 Å². The van der Waals surface area contributed by atoms with Crippen molar-refractivity contribution in [2.24, 2.45) is 5.92 Å². The van der Waals surface area contributed by atoms with Gasteiger partial charge in [-0.25, -0.2) is 12.8 Å². The molecule has 0 aliphatic heterocycles. The van der Waals surface area contributed by atoms with Crippen molar-refractivity contribution < 1.29 is 12.8 Å². The van der Waals surface area contributed by atoms with E-state index in [0.717, 1.165) is 6.07 Å². The number of hydrogen-bond acceptors (Lipinski definition) is 3. The Kier molecular flexibility index (Phi) is 3.74. The molecule has 0 fully saturated rings. The van der Waals surface area contributed by atoms with Gasteiger partial charge < -0.3 is 5.73 Å². The monoisotopic (exact) mass is 246 g/mol. The summed E-state index contributed by atoms with van der Waals surface area (Å²) in [7, 11) is -3.50. The Morgan fingerprint density at radius 2 is 2.06 bits per heavy atom. The van der Waals surface area contributed by atoms with Gasteiger partial charge in [0.05, 0.1) is 11.4 Å². The number of sulfonamides is 1. The molecule has 0 spiro atoms. The van der Waals surface area contributed by atoms with Gasteiger partial charge >= 0.3 is 0 Å². The molecule has 1 aromatic rings. The fraction of sp³-hybridized carbons (Fsp3) is 0.400. The first-order chi connectivity index (χ1) is 7.30. The number of nitrogens with one attached hydrogen (secondary N) is 1. The van der Waals surface area contributed by atoms with Crippen LogP contribution in [0.25, 0.3) is 0 Å². The summed E-state index contributed by atoms with van der Waals surface area (Å²) in [6.45, 7) is 3.55. The van der Waals surface area contributed by atoms with Crippen LogP contribution in [0.5, 0.6) is 0 Å². The molecule has 0 aliphatic rings. The van der Waals surface area contributed by atoms with Crippen molar-refractivity contribution in [3.05, 3.63) is 24.0 Å². The van der Waals surface area contributed by atoms with Crippen LogP contribution in [-0.4, -0.2) is 14.2 Å². The quantitative estimate of drug-likeness (QED) is 0.796. The highest BCUT2D eigenvalue weighted by Gasteiger charge is 2.14. The van der Waals surface area contributed by atoms with Gasteiger partial charge in [0.25, 0.3) is 0 Å². The average Bonchev–Trinajstić information content (AvgIpc) is 2.07. The third-order valence-electron chi connectivity index (χ3n) is 1.81. The highest BCUT2D eigenvalue weighted by Crippen LogP contribution is 2.18. The molecule has 0 bridgehead atoms. The van der Waals surface area contributed by atoms with E-state index in [1.807, 2.05) is 0 Å². The Labute approximate surface area is 94.7 Å². The van der Waals surface area contributed by atoms with E-state index in [2.05, 4.69) is 4.72 Å². The van der Waals surface area contributed by atoms with E-state index in [1.54, 1.807) is 13.8 Å². The van der Waals surface area contributed by atoms with Crippen molar-refractivity contribution in [1.82, 2.24) is 0 Å². The van der Waals surface area contributed by atoms with E-state index in [4.69, 9.17) is 5.73 Å². The minimum Gasteiger partial charge on any atom is -0.399 e.